The van der Waals surface area contributed by atoms with Gasteiger partial charge < -0.3 is 5.32 Å². The van der Waals surface area contributed by atoms with Crippen LogP contribution in [0.4, 0.5) is 5.82 Å². The van der Waals surface area contributed by atoms with E-state index >= 15 is 0 Å². The summed E-state index contributed by atoms with van der Waals surface area (Å²) >= 11 is 1.65. The highest BCUT2D eigenvalue weighted by atomic mass is 32.1. The van der Waals surface area contributed by atoms with E-state index in [0.717, 1.165) is 29.0 Å². The van der Waals surface area contributed by atoms with Gasteiger partial charge in [0.15, 0.2) is 0 Å². The second kappa shape index (κ2) is 6.01. The molecule has 0 radical (unpaired) electrons. The van der Waals surface area contributed by atoms with Crippen molar-refractivity contribution in [3.63, 3.8) is 0 Å². The number of nitrogens with one attached hydrogen (secondary N) is 1. The van der Waals surface area contributed by atoms with Crippen molar-refractivity contribution >= 4 is 27.4 Å². The number of anilines is 1. The number of hydrogen-bond donors (Lipinski definition) is 1. The van der Waals surface area contributed by atoms with Gasteiger partial charge in [-0.25, -0.2) is 9.97 Å². The second-order valence-electron chi connectivity index (χ2n) is 4.76. The summed E-state index contributed by atoms with van der Waals surface area (Å²) in [6, 6.07) is 12.7. The van der Waals surface area contributed by atoms with E-state index in [9.17, 15) is 0 Å². The van der Waals surface area contributed by atoms with Crippen molar-refractivity contribution in [3.8, 4) is 0 Å². The van der Waals surface area contributed by atoms with Gasteiger partial charge in [0.1, 0.15) is 17.0 Å². The topological polar surface area (TPSA) is 37.8 Å². The van der Waals surface area contributed by atoms with E-state index in [1.54, 1.807) is 17.7 Å². The Labute approximate surface area is 122 Å². The van der Waals surface area contributed by atoms with Crippen LogP contribution in [0.5, 0.6) is 0 Å². The largest absolute Gasteiger partial charge is 0.369 e. The Morgan fingerprint density at radius 3 is 2.80 bits per heavy atom. The molecule has 1 N–H and O–H groups in total. The average Bonchev–Trinajstić information content (AvgIpc) is 2.98. The van der Waals surface area contributed by atoms with Crippen LogP contribution >= 0.6 is 11.3 Å². The smallest absolute Gasteiger partial charge is 0.138 e. The molecule has 4 heteroatoms. The predicted octanol–water partition coefficient (Wildman–Crippen LogP) is 4.30. The highest BCUT2D eigenvalue weighted by molar-refractivity contribution is 7.16. The van der Waals surface area contributed by atoms with E-state index in [4.69, 9.17) is 0 Å². The van der Waals surface area contributed by atoms with E-state index < -0.39 is 0 Å². The molecule has 20 heavy (non-hydrogen) atoms. The molecule has 0 fully saturated rings. The minimum atomic E-state index is 0.500. The summed E-state index contributed by atoms with van der Waals surface area (Å²) in [7, 11) is 0. The van der Waals surface area contributed by atoms with Gasteiger partial charge in [-0.05, 0) is 23.4 Å². The SMILES string of the molecule is CCC(CNc1ncnc2sccc12)c1ccccc1. The van der Waals surface area contributed by atoms with Crippen LogP contribution in [0.1, 0.15) is 24.8 Å². The van der Waals surface area contributed by atoms with Gasteiger partial charge >= 0.3 is 0 Å². The lowest BCUT2D eigenvalue weighted by atomic mass is 9.96. The molecule has 1 unspecified atom stereocenters. The molecule has 3 nitrogen and oxygen atoms in total. The summed E-state index contributed by atoms with van der Waals surface area (Å²) < 4.78 is 0. The first-order chi connectivity index (χ1) is 9.88. The van der Waals surface area contributed by atoms with Crippen molar-refractivity contribution in [2.45, 2.75) is 19.3 Å². The minimum absolute atomic E-state index is 0.500. The first-order valence-electron chi connectivity index (χ1n) is 6.85. The maximum absolute atomic E-state index is 4.36. The number of benzene rings is 1. The molecule has 0 bridgehead atoms. The first kappa shape index (κ1) is 13.1. The monoisotopic (exact) mass is 283 g/mol. The first-order valence-corrected chi connectivity index (χ1v) is 7.73. The Morgan fingerprint density at radius 2 is 2.00 bits per heavy atom. The van der Waals surface area contributed by atoms with Gasteiger partial charge in [0, 0.05) is 12.5 Å². The molecule has 3 aromatic rings. The number of rotatable bonds is 5. The quantitative estimate of drug-likeness (QED) is 0.758. The number of nitrogens with zero attached hydrogens (tertiary/aromatic N) is 2. The van der Waals surface area contributed by atoms with Crippen molar-refractivity contribution in [3.05, 3.63) is 53.7 Å². The lowest BCUT2D eigenvalue weighted by Gasteiger charge is -2.16. The Kier molecular flexibility index (Phi) is 3.92. The summed E-state index contributed by atoms with van der Waals surface area (Å²) in [6.45, 7) is 3.11. The molecule has 0 aliphatic carbocycles. The van der Waals surface area contributed by atoms with Crippen molar-refractivity contribution < 1.29 is 0 Å². The molecule has 102 valence electrons. The maximum Gasteiger partial charge on any atom is 0.138 e. The van der Waals surface area contributed by atoms with Gasteiger partial charge in [-0.15, -0.1) is 11.3 Å². The molecule has 1 atom stereocenters. The fourth-order valence-corrected chi connectivity index (χ4v) is 3.11. The Morgan fingerprint density at radius 1 is 1.15 bits per heavy atom. The lowest BCUT2D eigenvalue weighted by molar-refractivity contribution is 0.694. The summed E-state index contributed by atoms with van der Waals surface area (Å²) in [5.41, 5.74) is 1.37. The molecular formula is C16H17N3S. The standard InChI is InChI=1S/C16H17N3S/c1-2-12(13-6-4-3-5-7-13)10-17-15-14-8-9-20-16(14)19-11-18-15/h3-9,11-12H,2,10H2,1H3,(H,17,18,19). The molecule has 1 aromatic carbocycles. The lowest BCUT2D eigenvalue weighted by Crippen LogP contribution is -2.13. The van der Waals surface area contributed by atoms with Crippen molar-refractivity contribution in [1.82, 2.24) is 9.97 Å². The van der Waals surface area contributed by atoms with E-state index in [1.807, 2.05) is 0 Å². The van der Waals surface area contributed by atoms with Crippen LogP contribution in [-0.2, 0) is 0 Å². The van der Waals surface area contributed by atoms with E-state index in [0.29, 0.717) is 5.92 Å². The fourth-order valence-electron chi connectivity index (χ4n) is 2.37. The summed E-state index contributed by atoms with van der Waals surface area (Å²) in [6.07, 6.45) is 2.74. The highest BCUT2D eigenvalue weighted by Crippen LogP contribution is 2.25. The molecule has 0 amide bonds. The third-order valence-corrected chi connectivity index (χ3v) is 4.36. The van der Waals surface area contributed by atoms with Gasteiger partial charge in [-0.3, -0.25) is 0 Å². The summed E-state index contributed by atoms with van der Waals surface area (Å²) in [5, 5.41) is 6.64. The number of hydrogen-bond acceptors (Lipinski definition) is 4. The normalized spacial score (nSPS) is 12.4. The van der Waals surface area contributed by atoms with Crippen LogP contribution in [0.15, 0.2) is 48.1 Å². The van der Waals surface area contributed by atoms with Crippen LogP contribution < -0.4 is 5.32 Å². The van der Waals surface area contributed by atoms with Crippen LogP contribution in [0.2, 0.25) is 0 Å². The number of aromatic nitrogens is 2. The molecule has 0 spiro atoms. The van der Waals surface area contributed by atoms with Crippen LogP contribution in [0.3, 0.4) is 0 Å². The molecule has 2 aromatic heterocycles. The predicted molar refractivity (Wildman–Crippen MR) is 85.4 cm³/mol. The average molecular weight is 283 g/mol. The molecule has 2 heterocycles. The highest BCUT2D eigenvalue weighted by Gasteiger charge is 2.10. The van der Waals surface area contributed by atoms with Gasteiger partial charge in [-0.2, -0.15) is 0 Å². The second-order valence-corrected chi connectivity index (χ2v) is 5.65. The van der Waals surface area contributed by atoms with Gasteiger partial charge in [0.2, 0.25) is 0 Å². The zero-order valence-corrected chi connectivity index (χ0v) is 12.2. The van der Waals surface area contributed by atoms with Gasteiger partial charge in [0.05, 0.1) is 5.39 Å². The van der Waals surface area contributed by atoms with E-state index in [2.05, 4.69) is 64.0 Å². The minimum Gasteiger partial charge on any atom is -0.369 e. The maximum atomic E-state index is 4.36. The molecule has 3 rings (SSSR count). The fraction of sp³-hybridized carbons (Fsp3) is 0.250. The van der Waals surface area contributed by atoms with E-state index in [1.165, 1.54) is 5.56 Å². The van der Waals surface area contributed by atoms with Crippen LogP contribution in [-0.4, -0.2) is 16.5 Å². The molecule has 0 aliphatic heterocycles. The third kappa shape index (κ3) is 2.65. The Bertz CT molecular complexity index is 678. The zero-order valence-electron chi connectivity index (χ0n) is 11.4. The zero-order chi connectivity index (χ0) is 13.8. The van der Waals surface area contributed by atoms with Crippen molar-refractivity contribution in [2.24, 2.45) is 0 Å². The number of fused-ring (bicyclic) bond motifs is 1. The summed E-state index contributed by atoms with van der Waals surface area (Å²) in [4.78, 5) is 9.68. The van der Waals surface area contributed by atoms with E-state index in [-0.39, 0.29) is 0 Å². The van der Waals surface area contributed by atoms with Crippen molar-refractivity contribution in [2.75, 3.05) is 11.9 Å². The van der Waals surface area contributed by atoms with Crippen LogP contribution in [0.25, 0.3) is 10.2 Å². The van der Waals surface area contributed by atoms with Gasteiger partial charge in [0.25, 0.3) is 0 Å². The molecular weight excluding hydrogens is 266 g/mol. The van der Waals surface area contributed by atoms with Crippen molar-refractivity contribution in [1.29, 1.82) is 0 Å². The molecule has 0 aliphatic rings. The van der Waals surface area contributed by atoms with Gasteiger partial charge in [-0.1, -0.05) is 37.3 Å². The Hall–Kier alpha value is -1.94. The number of thiophene rings is 1. The molecule has 0 saturated carbocycles. The summed E-state index contributed by atoms with van der Waals surface area (Å²) in [5.74, 6) is 1.44. The van der Waals surface area contributed by atoms with Crippen LogP contribution in [0, 0.1) is 0 Å². The third-order valence-electron chi connectivity index (χ3n) is 3.54. The Balaban J connectivity index is 1.77. The molecule has 0 saturated heterocycles.